The Morgan fingerprint density at radius 3 is 2.43 bits per heavy atom. The second-order valence-electron chi connectivity index (χ2n) is 5.72. The highest BCUT2D eigenvalue weighted by Gasteiger charge is 2.50. The Labute approximate surface area is 137 Å². The summed E-state index contributed by atoms with van der Waals surface area (Å²) in [5.41, 5.74) is 0. The minimum absolute atomic E-state index is 0.251. The van der Waals surface area contributed by atoms with Crippen molar-refractivity contribution in [3.05, 3.63) is 17.2 Å². The van der Waals surface area contributed by atoms with Gasteiger partial charge in [-0.1, -0.05) is 30.4 Å². The van der Waals surface area contributed by atoms with Crippen LogP contribution in [0.2, 0.25) is 0 Å². The van der Waals surface area contributed by atoms with Crippen molar-refractivity contribution in [1.82, 2.24) is 15.1 Å². The fraction of sp³-hybridized carbons (Fsp3) is 0.533. The lowest BCUT2D eigenvalue weighted by atomic mass is 9.85. The van der Waals surface area contributed by atoms with Crippen molar-refractivity contribution in [2.45, 2.75) is 39.2 Å². The van der Waals surface area contributed by atoms with Gasteiger partial charge in [0.25, 0.3) is 0 Å². The first kappa shape index (κ1) is 15.8. The molecule has 3 amide bonds. The molecule has 0 spiro atoms. The molecule has 1 aromatic heterocycles. The Hall–Kier alpha value is -2.09. The van der Waals surface area contributed by atoms with Crippen LogP contribution in [0.5, 0.6) is 0 Å². The van der Waals surface area contributed by atoms with E-state index >= 15 is 0 Å². The Morgan fingerprint density at radius 2 is 1.91 bits per heavy atom. The number of rotatable bonds is 4. The summed E-state index contributed by atoms with van der Waals surface area (Å²) in [6.45, 7) is 3.52. The van der Waals surface area contributed by atoms with E-state index in [2.05, 4.69) is 15.5 Å². The van der Waals surface area contributed by atoms with Gasteiger partial charge in [-0.2, -0.15) is 0 Å². The fourth-order valence-electron chi connectivity index (χ4n) is 2.98. The summed E-state index contributed by atoms with van der Waals surface area (Å²) in [7, 11) is 0. The predicted molar refractivity (Wildman–Crippen MR) is 84.6 cm³/mol. The summed E-state index contributed by atoms with van der Waals surface area (Å²) < 4.78 is 0. The van der Waals surface area contributed by atoms with Crippen LogP contribution in [0.15, 0.2) is 12.2 Å². The molecule has 0 bridgehead atoms. The summed E-state index contributed by atoms with van der Waals surface area (Å²) >= 11 is 1.29. The molecule has 1 N–H and O–H groups in total. The number of allylic oxidation sites excluding steroid dienone is 2. The van der Waals surface area contributed by atoms with Crippen molar-refractivity contribution in [2.24, 2.45) is 11.8 Å². The molecule has 8 heteroatoms. The lowest BCUT2D eigenvalue weighted by Crippen LogP contribution is -2.46. The number of nitrogens with one attached hydrogen (secondary N) is 1. The minimum Gasteiger partial charge on any atom is -0.299 e. The molecule has 1 aromatic rings. The van der Waals surface area contributed by atoms with Crippen molar-refractivity contribution in [3.63, 3.8) is 0 Å². The Kier molecular flexibility index (Phi) is 4.25. The molecule has 1 aliphatic carbocycles. The standard InChI is InChI=1S/C15H18N4O3S/c1-3-11-17-18-15(23-11)16-12(20)8(2)19-13(21)9-6-4-5-7-10(9)14(19)22/h4-5,8-10H,3,6-7H2,1-2H3,(H,16,18,20)/t8-,9-,10+/m1/s1. The molecule has 2 aliphatic rings. The number of likely N-dealkylation sites (tertiary alicyclic amines) is 1. The average molecular weight is 334 g/mol. The topological polar surface area (TPSA) is 92.3 Å². The van der Waals surface area contributed by atoms with Crippen LogP contribution in [0.25, 0.3) is 0 Å². The number of imide groups is 1. The van der Waals surface area contributed by atoms with Crippen LogP contribution in [0, 0.1) is 11.8 Å². The normalized spacial score (nSPS) is 24.7. The van der Waals surface area contributed by atoms with Crippen molar-refractivity contribution in [2.75, 3.05) is 5.32 Å². The monoisotopic (exact) mass is 334 g/mol. The van der Waals surface area contributed by atoms with Crippen LogP contribution in [-0.4, -0.2) is 38.9 Å². The Bertz CT molecular complexity index is 658. The van der Waals surface area contributed by atoms with E-state index in [0.29, 0.717) is 18.0 Å². The molecule has 0 saturated carbocycles. The van der Waals surface area contributed by atoms with Crippen molar-refractivity contribution >= 4 is 34.2 Å². The molecule has 1 fully saturated rings. The molecule has 3 rings (SSSR count). The molecule has 7 nitrogen and oxygen atoms in total. The number of aromatic nitrogens is 2. The summed E-state index contributed by atoms with van der Waals surface area (Å²) in [5, 5.41) is 11.7. The van der Waals surface area contributed by atoms with E-state index in [-0.39, 0.29) is 23.7 Å². The maximum atomic E-state index is 12.5. The van der Waals surface area contributed by atoms with E-state index < -0.39 is 11.9 Å². The van der Waals surface area contributed by atoms with Gasteiger partial charge in [0.1, 0.15) is 11.0 Å². The van der Waals surface area contributed by atoms with Crippen molar-refractivity contribution in [3.8, 4) is 0 Å². The summed E-state index contributed by atoms with van der Waals surface area (Å²) in [6.07, 6.45) is 5.72. The number of nitrogens with zero attached hydrogens (tertiary/aromatic N) is 3. The first-order chi connectivity index (χ1) is 11.0. The van der Waals surface area contributed by atoms with Gasteiger partial charge in [0.2, 0.25) is 22.9 Å². The predicted octanol–water partition coefficient (Wildman–Crippen LogP) is 1.38. The summed E-state index contributed by atoms with van der Waals surface area (Å²) in [6, 6.07) is -0.852. The van der Waals surface area contributed by atoms with E-state index in [0.717, 1.165) is 16.3 Å². The molecule has 2 heterocycles. The van der Waals surface area contributed by atoms with E-state index in [4.69, 9.17) is 0 Å². The average Bonchev–Trinajstić information content (AvgIpc) is 3.11. The maximum absolute atomic E-state index is 12.5. The highest BCUT2D eigenvalue weighted by molar-refractivity contribution is 7.15. The number of carbonyl (C=O) groups excluding carboxylic acids is 3. The van der Waals surface area contributed by atoms with Crippen LogP contribution >= 0.6 is 11.3 Å². The highest BCUT2D eigenvalue weighted by atomic mass is 32.1. The van der Waals surface area contributed by atoms with Crippen LogP contribution in [-0.2, 0) is 20.8 Å². The highest BCUT2D eigenvalue weighted by Crippen LogP contribution is 2.36. The zero-order valence-electron chi connectivity index (χ0n) is 13.0. The number of aryl methyl sites for hydroxylation is 1. The van der Waals surface area contributed by atoms with Gasteiger partial charge < -0.3 is 0 Å². The molecular formula is C15H18N4O3S. The van der Waals surface area contributed by atoms with Crippen LogP contribution in [0.4, 0.5) is 5.13 Å². The van der Waals surface area contributed by atoms with E-state index in [1.165, 1.54) is 11.3 Å². The first-order valence-electron chi connectivity index (χ1n) is 7.68. The number of hydrogen-bond donors (Lipinski definition) is 1. The van der Waals surface area contributed by atoms with Crippen LogP contribution in [0.3, 0.4) is 0 Å². The molecule has 1 aliphatic heterocycles. The maximum Gasteiger partial charge on any atom is 0.249 e. The molecule has 0 aromatic carbocycles. The number of carbonyl (C=O) groups is 3. The van der Waals surface area contributed by atoms with Gasteiger partial charge in [-0.25, -0.2) is 0 Å². The quantitative estimate of drug-likeness (QED) is 0.663. The third-order valence-corrected chi connectivity index (χ3v) is 5.29. The largest absolute Gasteiger partial charge is 0.299 e. The first-order valence-corrected chi connectivity index (χ1v) is 8.49. The number of hydrogen-bond acceptors (Lipinski definition) is 6. The van der Waals surface area contributed by atoms with E-state index in [1.807, 2.05) is 19.1 Å². The molecule has 0 unspecified atom stereocenters. The smallest absolute Gasteiger partial charge is 0.249 e. The molecule has 0 radical (unpaired) electrons. The van der Waals surface area contributed by atoms with Crippen molar-refractivity contribution < 1.29 is 14.4 Å². The number of amides is 3. The van der Waals surface area contributed by atoms with Crippen LogP contribution in [0.1, 0.15) is 31.7 Å². The van der Waals surface area contributed by atoms with Gasteiger partial charge in [-0.15, -0.1) is 10.2 Å². The summed E-state index contributed by atoms with van der Waals surface area (Å²) in [4.78, 5) is 38.4. The third-order valence-electron chi connectivity index (χ3n) is 4.31. The van der Waals surface area contributed by atoms with Crippen LogP contribution < -0.4 is 5.32 Å². The van der Waals surface area contributed by atoms with Gasteiger partial charge in [-0.3, -0.25) is 24.6 Å². The van der Waals surface area contributed by atoms with Gasteiger partial charge in [0, 0.05) is 0 Å². The van der Waals surface area contributed by atoms with Gasteiger partial charge in [0.05, 0.1) is 11.8 Å². The molecule has 1 saturated heterocycles. The number of anilines is 1. The molecule has 122 valence electrons. The lowest BCUT2D eigenvalue weighted by Gasteiger charge is -2.21. The van der Waals surface area contributed by atoms with E-state index in [9.17, 15) is 14.4 Å². The number of fused-ring (bicyclic) bond motifs is 1. The zero-order valence-corrected chi connectivity index (χ0v) is 13.8. The summed E-state index contributed by atoms with van der Waals surface area (Å²) in [5.74, 6) is -1.57. The third kappa shape index (κ3) is 2.78. The Morgan fingerprint density at radius 1 is 1.30 bits per heavy atom. The minimum atomic E-state index is -0.852. The lowest BCUT2D eigenvalue weighted by molar-refractivity contribution is -0.146. The molecule has 23 heavy (non-hydrogen) atoms. The van der Waals surface area contributed by atoms with Gasteiger partial charge >= 0.3 is 0 Å². The fourth-order valence-corrected chi connectivity index (χ4v) is 3.66. The second kappa shape index (κ2) is 6.19. The molecule has 3 atom stereocenters. The zero-order chi connectivity index (χ0) is 16.6. The molecular weight excluding hydrogens is 316 g/mol. The van der Waals surface area contributed by atoms with Gasteiger partial charge in [0.15, 0.2) is 0 Å². The Balaban J connectivity index is 1.72. The second-order valence-corrected chi connectivity index (χ2v) is 6.78. The van der Waals surface area contributed by atoms with Gasteiger partial charge in [-0.05, 0) is 26.2 Å². The van der Waals surface area contributed by atoms with E-state index in [1.54, 1.807) is 6.92 Å². The SMILES string of the molecule is CCc1nnc(NC(=O)[C@@H](C)N2C(=O)[C@H]3CC=CC[C@H]3C2=O)s1. The van der Waals surface area contributed by atoms with Crippen molar-refractivity contribution in [1.29, 1.82) is 0 Å².